The summed E-state index contributed by atoms with van der Waals surface area (Å²) in [6, 6.07) is 21.1. The molecule has 1 aliphatic heterocycles. The van der Waals surface area contributed by atoms with Gasteiger partial charge in [0.25, 0.3) is 0 Å². The highest BCUT2D eigenvalue weighted by Gasteiger charge is 2.36. The van der Waals surface area contributed by atoms with Crippen molar-refractivity contribution in [1.29, 1.82) is 0 Å². The molecule has 2 atom stereocenters. The van der Waals surface area contributed by atoms with Crippen LogP contribution in [-0.4, -0.2) is 43.1 Å². The van der Waals surface area contributed by atoms with Crippen molar-refractivity contribution >= 4 is 5.91 Å². The number of amides is 1. The van der Waals surface area contributed by atoms with Gasteiger partial charge in [0.2, 0.25) is 5.91 Å². The van der Waals surface area contributed by atoms with E-state index in [1.54, 1.807) is 19.2 Å². The number of benzene rings is 3. The molecule has 2 N–H and O–H groups in total. The number of nitrogens with one attached hydrogen (secondary N) is 2. The first-order valence-electron chi connectivity index (χ1n) is 12.6. The molecule has 36 heavy (non-hydrogen) atoms. The van der Waals surface area contributed by atoms with Crippen LogP contribution in [0.15, 0.2) is 66.7 Å². The zero-order valence-electron chi connectivity index (χ0n) is 21.4. The Balaban J connectivity index is 1.40. The van der Waals surface area contributed by atoms with Gasteiger partial charge in [-0.25, -0.2) is 4.39 Å². The Hall–Kier alpha value is -3.22. The van der Waals surface area contributed by atoms with Crippen molar-refractivity contribution in [3.8, 4) is 5.75 Å². The lowest BCUT2D eigenvalue weighted by Crippen LogP contribution is -2.43. The molecule has 0 aromatic heterocycles. The third-order valence-electron chi connectivity index (χ3n) is 7.24. The molecule has 3 aromatic carbocycles. The molecule has 0 unspecified atom stereocenters. The fraction of sp³-hybridized carbons (Fsp3) is 0.367. The lowest BCUT2D eigenvalue weighted by molar-refractivity contribution is -0.125. The SMILES string of the molecule is COc1ccc(CN[C@H]2C[C@@H](C(=O)NCCc3ccccc3F)N(Cc3ccccc3)C2)c(C)c1C. The second-order valence-corrected chi connectivity index (χ2v) is 9.55. The third-order valence-corrected chi connectivity index (χ3v) is 7.24. The van der Waals surface area contributed by atoms with Crippen LogP contribution in [0, 0.1) is 19.7 Å². The second-order valence-electron chi connectivity index (χ2n) is 9.55. The summed E-state index contributed by atoms with van der Waals surface area (Å²) in [6.07, 6.45) is 1.20. The molecule has 1 heterocycles. The Labute approximate surface area is 213 Å². The standard InChI is InChI=1S/C30H36FN3O2/c1-21-22(2)29(36-3)14-13-25(21)18-33-26-17-28(34(20-26)19-23-9-5-4-6-10-23)30(35)32-16-15-24-11-7-8-12-27(24)31/h4-14,26,28,33H,15-20H2,1-3H3,(H,32,35)/t26-,28-/m0/s1. The Morgan fingerprint density at radius 3 is 2.50 bits per heavy atom. The molecule has 0 radical (unpaired) electrons. The molecule has 1 amide bonds. The molecular weight excluding hydrogens is 453 g/mol. The van der Waals surface area contributed by atoms with E-state index in [-0.39, 0.29) is 23.8 Å². The van der Waals surface area contributed by atoms with Gasteiger partial charge in [-0.05, 0) is 66.6 Å². The maximum Gasteiger partial charge on any atom is 0.237 e. The van der Waals surface area contributed by atoms with E-state index in [9.17, 15) is 9.18 Å². The van der Waals surface area contributed by atoms with Crippen LogP contribution >= 0.6 is 0 Å². The Bertz CT molecular complexity index is 1170. The van der Waals surface area contributed by atoms with Crippen molar-refractivity contribution in [2.45, 2.75) is 51.9 Å². The molecule has 6 heteroatoms. The summed E-state index contributed by atoms with van der Waals surface area (Å²) in [5, 5.41) is 6.73. The fourth-order valence-corrected chi connectivity index (χ4v) is 4.98. The van der Waals surface area contributed by atoms with Gasteiger partial charge >= 0.3 is 0 Å². The molecule has 1 fully saturated rings. The molecule has 1 saturated heterocycles. The summed E-state index contributed by atoms with van der Waals surface area (Å²) in [5.41, 5.74) is 5.42. The number of hydrogen-bond donors (Lipinski definition) is 2. The number of methoxy groups -OCH3 is 1. The summed E-state index contributed by atoms with van der Waals surface area (Å²) in [4.78, 5) is 15.5. The predicted octanol–water partition coefficient (Wildman–Crippen LogP) is 4.54. The first-order chi connectivity index (χ1) is 17.5. The monoisotopic (exact) mass is 489 g/mol. The number of carbonyl (C=O) groups excluding carboxylic acids is 1. The average Bonchev–Trinajstić information content (AvgIpc) is 3.29. The van der Waals surface area contributed by atoms with Crippen molar-refractivity contribution in [3.63, 3.8) is 0 Å². The number of rotatable bonds is 10. The molecular formula is C30H36FN3O2. The minimum Gasteiger partial charge on any atom is -0.496 e. The van der Waals surface area contributed by atoms with Crippen LogP contribution in [0.1, 0.15) is 34.2 Å². The topological polar surface area (TPSA) is 53.6 Å². The van der Waals surface area contributed by atoms with Gasteiger partial charge in [0, 0.05) is 32.2 Å². The molecule has 0 saturated carbocycles. The number of likely N-dealkylation sites (tertiary alicyclic amines) is 1. The number of halogens is 1. The highest BCUT2D eigenvalue weighted by molar-refractivity contribution is 5.82. The van der Waals surface area contributed by atoms with Gasteiger partial charge in [-0.1, -0.05) is 54.6 Å². The smallest absolute Gasteiger partial charge is 0.237 e. The van der Waals surface area contributed by atoms with Crippen molar-refractivity contribution < 1.29 is 13.9 Å². The third kappa shape index (κ3) is 6.31. The Kier molecular flexibility index (Phi) is 8.73. The lowest BCUT2D eigenvalue weighted by atomic mass is 10.0. The zero-order valence-corrected chi connectivity index (χ0v) is 21.4. The molecule has 190 valence electrons. The highest BCUT2D eigenvalue weighted by Crippen LogP contribution is 2.25. The van der Waals surface area contributed by atoms with E-state index in [0.29, 0.717) is 25.1 Å². The number of nitrogens with zero attached hydrogens (tertiary/aromatic N) is 1. The van der Waals surface area contributed by atoms with Crippen molar-refractivity contribution in [2.75, 3.05) is 20.2 Å². The normalized spacial score (nSPS) is 17.8. The summed E-state index contributed by atoms with van der Waals surface area (Å²) < 4.78 is 19.4. The number of hydrogen-bond acceptors (Lipinski definition) is 4. The van der Waals surface area contributed by atoms with Crippen LogP contribution in [-0.2, 0) is 24.3 Å². The molecule has 4 rings (SSSR count). The fourth-order valence-electron chi connectivity index (χ4n) is 4.98. The number of carbonyl (C=O) groups is 1. The van der Waals surface area contributed by atoms with Crippen LogP contribution in [0.5, 0.6) is 5.75 Å². The lowest BCUT2D eigenvalue weighted by Gasteiger charge is -2.23. The van der Waals surface area contributed by atoms with Crippen molar-refractivity contribution in [1.82, 2.24) is 15.5 Å². The Morgan fingerprint density at radius 1 is 1.00 bits per heavy atom. The molecule has 3 aromatic rings. The second kappa shape index (κ2) is 12.2. The van der Waals surface area contributed by atoms with Crippen molar-refractivity contribution in [2.24, 2.45) is 0 Å². The zero-order chi connectivity index (χ0) is 25.5. The van der Waals surface area contributed by atoms with Gasteiger partial charge < -0.3 is 15.4 Å². The van der Waals surface area contributed by atoms with Crippen LogP contribution in [0.2, 0.25) is 0 Å². The predicted molar refractivity (Wildman–Crippen MR) is 141 cm³/mol. The van der Waals surface area contributed by atoms with Crippen molar-refractivity contribution in [3.05, 3.63) is 100 Å². The van der Waals surface area contributed by atoms with E-state index in [1.807, 2.05) is 30.3 Å². The van der Waals surface area contributed by atoms with Crippen LogP contribution in [0.25, 0.3) is 0 Å². The quantitative estimate of drug-likeness (QED) is 0.439. The molecule has 1 aliphatic rings. The van der Waals surface area contributed by atoms with E-state index in [2.05, 4.69) is 47.6 Å². The highest BCUT2D eigenvalue weighted by atomic mass is 19.1. The van der Waals surface area contributed by atoms with Crippen LogP contribution in [0.3, 0.4) is 0 Å². The summed E-state index contributed by atoms with van der Waals surface area (Å²) in [6.45, 7) is 6.85. The summed E-state index contributed by atoms with van der Waals surface area (Å²) in [5.74, 6) is 0.674. The van der Waals surface area contributed by atoms with Gasteiger partial charge in [0.05, 0.1) is 13.2 Å². The van der Waals surface area contributed by atoms with Gasteiger partial charge in [-0.2, -0.15) is 0 Å². The molecule has 0 aliphatic carbocycles. The molecule has 0 spiro atoms. The molecule has 0 bridgehead atoms. The maximum atomic E-state index is 14.0. The van der Waals surface area contributed by atoms with Gasteiger partial charge in [0.1, 0.15) is 11.6 Å². The first kappa shape index (κ1) is 25.9. The van der Waals surface area contributed by atoms with E-state index in [0.717, 1.165) is 30.8 Å². The van der Waals surface area contributed by atoms with E-state index < -0.39 is 0 Å². The van der Waals surface area contributed by atoms with E-state index in [1.165, 1.54) is 22.8 Å². The summed E-state index contributed by atoms with van der Waals surface area (Å²) >= 11 is 0. The Morgan fingerprint density at radius 2 is 1.75 bits per heavy atom. The maximum absolute atomic E-state index is 14.0. The van der Waals surface area contributed by atoms with Gasteiger partial charge in [-0.15, -0.1) is 0 Å². The molecule has 5 nitrogen and oxygen atoms in total. The van der Waals surface area contributed by atoms with E-state index >= 15 is 0 Å². The van der Waals surface area contributed by atoms with Gasteiger partial charge in [-0.3, -0.25) is 9.69 Å². The van der Waals surface area contributed by atoms with Crippen LogP contribution < -0.4 is 15.4 Å². The van der Waals surface area contributed by atoms with E-state index in [4.69, 9.17) is 4.74 Å². The number of ether oxygens (including phenoxy) is 1. The van der Waals surface area contributed by atoms with Gasteiger partial charge in [0.15, 0.2) is 0 Å². The minimum atomic E-state index is -0.234. The average molecular weight is 490 g/mol. The largest absolute Gasteiger partial charge is 0.496 e. The first-order valence-corrected chi connectivity index (χ1v) is 12.6. The minimum absolute atomic E-state index is 0.00282. The van der Waals surface area contributed by atoms with Crippen LogP contribution in [0.4, 0.5) is 4.39 Å². The summed E-state index contributed by atoms with van der Waals surface area (Å²) in [7, 11) is 1.70.